The smallest absolute Gasteiger partial charge is 0.454 e. The van der Waals surface area contributed by atoms with Crippen LogP contribution in [0, 0.1) is 10.1 Å². The number of ether oxygens (including phenoxy) is 5. The third-order valence-electron chi connectivity index (χ3n) is 5.16. The molecule has 0 bridgehead atoms. The average Bonchev–Trinajstić information content (AvgIpc) is 3.09. The maximum Gasteiger partial charge on any atom is 0.514 e. The quantitative estimate of drug-likeness (QED) is 0.0978. The molecule has 1 fully saturated rings. The van der Waals surface area contributed by atoms with E-state index in [2.05, 4.69) is 19.7 Å². The Morgan fingerprint density at radius 3 is 2.39 bits per heavy atom. The lowest BCUT2D eigenvalue weighted by atomic mass is 10.0. The van der Waals surface area contributed by atoms with Gasteiger partial charge in [0.25, 0.3) is 5.69 Å². The van der Waals surface area contributed by atoms with Gasteiger partial charge in [0.05, 0.1) is 16.6 Å². The number of esters is 1. The largest absolute Gasteiger partial charge is 0.514 e. The first-order chi connectivity index (χ1) is 16.8. The van der Waals surface area contributed by atoms with Gasteiger partial charge in [0, 0.05) is 18.6 Å². The Balaban J connectivity index is 2.13. The Morgan fingerprint density at radius 1 is 1.19 bits per heavy atom. The highest BCUT2D eigenvalue weighted by Gasteiger charge is 2.42. The number of carbonyl (C=O) groups is 2. The van der Waals surface area contributed by atoms with Crippen molar-refractivity contribution in [3.05, 3.63) is 88.7 Å². The minimum absolute atomic E-state index is 0.00556. The molecular formula is C26H31NO9. The third kappa shape index (κ3) is 8.17. The third-order valence-corrected chi connectivity index (χ3v) is 5.16. The highest BCUT2D eigenvalue weighted by atomic mass is 16.8. The topological polar surface area (TPSA) is 123 Å². The first-order valence-corrected chi connectivity index (χ1v) is 11.1. The van der Waals surface area contributed by atoms with Gasteiger partial charge in [-0.1, -0.05) is 25.8 Å². The molecule has 10 nitrogen and oxygen atoms in total. The van der Waals surface area contributed by atoms with E-state index in [-0.39, 0.29) is 30.0 Å². The summed E-state index contributed by atoms with van der Waals surface area (Å²) in [6.07, 6.45) is 0.589. The van der Waals surface area contributed by atoms with Crippen molar-refractivity contribution in [2.24, 2.45) is 0 Å². The van der Waals surface area contributed by atoms with Crippen LogP contribution in [0.25, 0.3) is 0 Å². The van der Waals surface area contributed by atoms with Crippen LogP contribution in [-0.4, -0.2) is 47.8 Å². The number of carbonyl (C=O) groups excluding carboxylic acids is 2. The van der Waals surface area contributed by atoms with E-state index in [9.17, 15) is 19.7 Å². The average molecular weight is 502 g/mol. The molecule has 0 N–H and O–H groups in total. The van der Waals surface area contributed by atoms with Gasteiger partial charge in [0.2, 0.25) is 0 Å². The standard InChI is InChI=1S/C26H31NO9/c1-8-13-32-25(29)33-18(5)17(4)14-22-23(36-26(6,7)35-22)15-21(16(2)3)34-24(28)19-9-11-20(12-10-19)27(30)31/h8-12,14,21-23H,1-2,5,13,15H2,3-4,6-7H3/b17-14+/t21-,22+,23+/m1/s1. The summed E-state index contributed by atoms with van der Waals surface area (Å²) in [5.74, 6) is -1.50. The highest BCUT2D eigenvalue weighted by Crippen LogP contribution is 2.34. The van der Waals surface area contributed by atoms with Crippen LogP contribution < -0.4 is 0 Å². The summed E-state index contributed by atoms with van der Waals surface area (Å²) in [4.78, 5) is 34.7. The Bertz CT molecular complexity index is 1060. The molecule has 10 heteroatoms. The Hall–Kier alpha value is -3.76. The fraction of sp³-hybridized carbons (Fsp3) is 0.385. The van der Waals surface area contributed by atoms with Gasteiger partial charge < -0.3 is 23.7 Å². The molecule has 1 aliphatic rings. The number of nitrogens with zero attached hydrogens (tertiary/aromatic N) is 1. The number of hydrogen-bond acceptors (Lipinski definition) is 9. The molecule has 1 aliphatic heterocycles. The second kappa shape index (κ2) is 12.3. The van der Waals surface area contributed by atoms with Crippen LogP contribution in [0.1, 0.15) is 44.5 Å². The van der Waals surface area contributed by atoms with Crippen LogP contribution in [0.2, 0.25) is 0 Å². The molecule has 0 saturated carbocycles. The zero-order chi connectivity index (χ0) is 27.0. The summed E-state index contributed by atoms with van der Waals surface area (Å²) in [5, 5.41) is 10.8. The van der Waals surface area contributed by atoms with Crippen LogP contribution >= 0.6 is 0 Å². The predicted octanol–water partition coefficient (Wildman–Crippen LogP) is 5.41. The van der Waals surface area contributed by atoms with Gasteiger partial charge in [-0.15, -0.1) is 0 Å². The molecular weight excluding hydrogens is 470 g/mol. The van der Waals surface area contributed by atoms with Crippen molar-refractivity contribution in [1.29, 1.82) is 0 Å². The fourth-order valence-electron chi connectivity index (χ4n) is 3.34. The van der Waals surface area contributed by atoms with Crippen LogP contribution in [0.4, 0.5) is 10.5 Å². The van der Waals surface area contributed by atoms with E-state index in [0.29, 0.717) is 11.1 Å². The van der Waals surface area contributed by atoms with E-state index in [1.165, 1.54) is 30.3 Å². The van der Waals surface area contributed by atoms with Crippen LogP contribution in [-0.2, 0) is 23.7 Å². The molecule has 2 rings (SSSR count). The minimum Gasteiger partial charge on any atom is -0.454 e. The first-order valence-electron chi connectivity index (χ1n) is 11.1. The number of hydrogen-bond donors (Lipinski definition) is 0. The Kier molecular flexibility index (Phi) is 9.71. The Labute approximate surface area is 210 Å². The van der Waals surface area contributed by atoms with Crippen molar-refractivity contribution in [1.82, 2.24) is 0 Å². The molecule has 36 heavy (non-hydrogen) atoms. The van der Waals surface area contributed by atoms with Crippen LogP contribution in [0.3, 0.4) is 0 Å². The van der Waals surface area contributed by atoms with Gasteiger partial charge in [-0.25, -0.2) is 9.59 Å². The number of nitro benzene ring substituents is 1. The van der Waals surface area contributed by atoms with Gasteiger partial charge in [-0.05, 0) is 57.0 Å². The highest BCUT2D eigenvalue weighted by molar-refractivity contribution is 5.89. The molecule has 0 aromatic heterocycles. The second-order valence-corrected chi connectivity index (χ2v) is 8.64. The summed E-state index contributed by atoms with van der Waals surface area (Å²) in [6, 6.07) is 5.12. The molecule has 194 valence electrons. The first kappa shape index (κ1) is 28.5. The molecule has 1 heterocycles. The molecule has 0 radical (unpaired) electrons. The fourth-order valence-corrected chi connectivity index (χ4v) is 3.34. The lowest BCUT2D eigenvalue weighted by Crippen LogP contribution is -2.30. The van der Waals surface area contributed by atoms with E-state index in [4.69, 9.17) is 23.7 Å². The SMILES string of the molecule is C=CCOC(=O)OC(=C)/C(C)=C/[C@@H]1OC(C)(C)O[C@H]1C[C@@H](OC(=O)c1ccc([N+](=O)[O-])cc1)C(=C)C. The lowest BCUT2D eigenvalue weighted by molar-refractivity contribution is -0.384. The molecule has 0 amide bonds. The zero-order valence-corrected chi connectivity index (χ0v) is 20.9. The zero-order valence-electron chi connectivity index (χ0n) is 20.9. The van der Waals surface area contributed by atoms with Crippen molar-refractivity contribution in [3.63, 3.8) is 0 Å². The van der Waals surface area contributed by atoms with Crippen LogP contribution in [0.15, 0.2) is 73.1 Å². The summed E-state index contributed by atoms with van der Waals surface area (Å²) < 4.78 is 27.5. The molecule has 0 unspecified atom stereocenters. The second-order valence-electron chi connectivity index (χ2n) is 8.64. The number of benzene rings is 1. The van der Waals surface area contributed by atoms with Crippen molar-refractivity contribution < 1.29 is 38.2 Å². The summed E-state index contributed by atoms with van der Waals surface area (Å²) in [5.41, 5.74) is 1.14. The molecule has 0 aliphatic carbocycles. The molecule has 3 atom stereocenters. The van der Waals surface area contributed by atoms with E-state index in [1.54, 1.807) is 33.8 Å². The van der Waals surface area contributed by atoms with Gasteiger partial charge in [0.1, 0.15) is 24.6 Å². The van der Waals surface area contributed by atoms with Crippen molar-refractivity contribution in [2.45, 2.75) is 58.2 Å². The van der Waals surface area contributed by atoms with E-state index < -0.39 is 41.1 Å². The number of allylic oxidation sites excluding steroid dienone is 1. The van der Waals surface area contributed by atoms with Crippen LogP contribution in [0.5, 0.6) is 0 Å². The predicted molar refractivity (Wildman–Crippen MR) is 131 cm³/mol. The lowest BCUT2D eigenvalue weighted by Gasteiger charge is -2.23. The van der Waals surface area contributed by atoms with Gasteiger partial charge >= 0.3 is 12.1 Å². The normalized spacial score (nSPS) is 19.6. The van der Waals surface area contributed by atoms with E-state index in [0.717, 1.165) is 0 Å². The molecule has 0 spiro atoms. The van der Waals surface area contributed by atoms with Gasteiger partial charge in [-0.2, -0.15) is 0 Å². The summed E-state index contributed by atoms with van der Waals surface area (Å²) in [6.45, 7) is 18.0. The van der Waals surface area contributed by atoms with Gasteiger partial charge in [-0.3, -0.25) is 10.1 Å². The summed E-state index contributed by atoms with van der Waals surface area (Å²) in [7, 11) is 0. The maximum atomic E-state index is 12.7. The maximum absolute atomic E-state index is 12.7. The van der Waals surface area contributed by atoms with Crippen molar-refractivity contribution in [3.8, 4) is 0 Å². The van der Waals surface area contributed by atoms with E-state index in [1.807, 2.05) is 0 Å². The van der Waals surface area contributed by atoms with Gasteiger partial charge in [0.15, 0.2) is 5.79 Å². The number of nitro groups is 1. The molecule has 1 aromatic carbocycles. The Morgan fingerprint density at radius 2 is 1.83 bits per heavy atom. The molecule has 1 aromatic rings. The summed E-state index contributed by atoms with van der Waals surface area (Å²) >= 11 is 0. The number of non-ortho nitro benzene ring substituents is 1. The molecule has 1 saturated heterocycles. The minimum atomic E-state index is -0.931. The van der Waals surface area contributed by atoms with E-state index >= 15 is 0 Å². The van der Waals surface area contributed by atoms with Crippen molar-refractivity contribution in [2.75, 3.05) is 6.61 Å². The number of rotatable bonds is 11. The monoisotopic (exact) mass is 501 g/mol. The van der Waals surface area contributed by atoms with Crippen molar-refractivity contribution >= 4 is 17.8 Å².